The Balaban J connectivity index is 1.54. The van der Waals surface area contributed by atoms with Gasteiger partial charge in [0.1, 0.15) is 0 Å². The van der Waals surface area contributed by atoms with E-state index in [1.807, 2.05) is 6.92 Å². The van der Waals surface area contributed by atoms with Crippen LogP contribution >= 0.6 is 0 Å². The lowest BCUT2D eigenvalue weighted by atomic mass is 9.72. The molecule has 1 unspecified atom stereocenters. The van der Waals surface area contributed by atoms with E-state index in [-0.39, 0.29) is 41.8 Å². The molecule has 0 spiro atoms. The second-order valence-corrected chi connectivity index (χ2v) is 10.8. The van der Waals surface area contributed by atoms with Crippen LogP contribution in [0.2, 0.25) is 0 Å². The Hall–Kier alpha value is -3.08. The lowest BCUT2D eigenvalue weighted by Crippen LogP contribution is -2.51. The van der Waals surface area contributed by atoms with Crippen molar-refractivity contribution in [3.8, 4) is 0 Å². The fourth-order valence-electron chi connectivity index (χ4n) is 4.58. The molecule has 2 aliphatic rings. The molecule has 4 rings (SSSR count). The van der Waals surface area contributed by atoms with Crippen LogP contribution in [0.1, 0.15) is 47.7 Å². The Labute approximate surface area is 204 Å². The third-order valence-electron chi connectivity index (χ3n) is 6.83. The normalized spacial score (nSPS) is 21.4. The molecule has 10 heteroatoms. The number of amides is 3. The minimum atomic E-state index is -3.73. The molecular formula is C25H29N3O6S. The SMILES string of the molecule is CCC1(c2ccc(NC(=O)c3cc(S(=O)(=O)N4CCOCC4)ccc3C)cc2)CCC(=O)NC1=O. The number of carbonyl (C=O) groups is 3. The third-order valence-corrected chi connectivity index (χ3v) is 8.72. The van der Waals surface area contributed by atoms with Crippen LogP contribution in [0.4, 0.5) is 5.69 Å². The van der Waals surface area contributed by atoms with Gasteiger partial charge in [0.25, 0.3) is 5.91 Å². The highest BCUT2D eigenvalue weighted by molar-refractivity contribution is 7.89. The van der Waals surface area contributed by atoms with Crippen molar-refractivity contribution in [3.05, 3.63) is 59.2 Å². The Bertz CT molecular complexity index is 1250. The fourth-order valence-corrected chi connectivity index (χ4v) is 6.01. The quantitative estimate of drug-likeness (QED) is 0.589. The van der Waals surface area contributed by atoms with Gasteiger partial charge in [0, 0.05) is 30.8 Å². The van der Waals surface area contributed by atoms with Crippen LogP contribution in [0.15, 0.2) is 47.4 Å². The van der Waals surface area contributed by atoms with Crippen molar-refractivity contribution in [1.29, 1.82) is 0 Å². The van der Waals surface area contributed by atoms with Crippen LogP contribution in [0, 0.1) is 6.92 Å². The molecule has 2 aromatic carbocycles. The van der Waals surface area contributed by atoms with Crippen molar-refractivity contribution in [3.63, 3.8) is 0 Å². The van der Waals surface area contributed by atoms with E-state index in [2.05, 4.69) is 10.6 Å². The highest BCUT2D eigenvalue weighted by atomic mass is 32.2. The molecular weight excluding hydrogens is 470 g/mol. The Morgan fingerprint density at radius 2 is 1.80 bits per heavy atom. The first-order chi connectivity index (χ1) is 16.7. The first-order valence-corrected chi connectivity index (χ1v) is 13.1. The van der Waals surface area contributed by atoms with Crippen LogP contribution in [0.5, 0.6) is 0 Å². The number of imide groups is 1. The van der Waals surface area contributed by atoms with Gasteiger partial charge in [0.2, 0.25) is 21.8 Å². The standard InChI is InChI=1S/C25H29N3O6S/c1-3-25(11-10-22(29)27-24(25)31)18-5-7-19(8-6-18)26-23(30)21-16-20(9-4-17(21)2)35(32,33)28-12-14-34-15-13-28/h4-9,16H,3,10-15H2,1-2H3,(H,26,30)(H,27,29,31). The van der Waals surface area contributed by atoms with Gasteiger partial charge in [-0.15, -0.1) is 0 Å². The summed E-state index contributed by atoms with van der Waals surface area (Å²) in [5, 5.41) is 5.24. The van der Waals surface area contributed by atoms with E-state index in [1.54, 1.807) is 37.3 Å². The van der Waals surface area contributed by atoms with Crippen molar-refractivity contribution in [2.45, 2.75) is 43.4 Å². The summed E-state index contributed by atoms with van der Waals surface area (Å²) in [6, 6.07) is 11.5. The minimum absolute atomic E-state index is 0.0632. The maximum Gasteiger partial charge on any atom is 0.255 e. The van der Waals surface area contributed by atoms with Crippen molar-refractivity contribution in [2.75, 3.05) is 31.6 Å². The van der Waals surface area contributed by atoms with Crippen LogP contribution in [0.3, 0.4) is 0 Å². The molecule has 2 aliphatic heterocycles. The molecule has 9 nitrogen and oxygen atoms in total. The van der Waals surface area contributed by atoms with E-state index >= 15 is 0 Å². The zero-order chi connectivity index (χ0) is 25.2. The lowest BCUT2D eigenvalue weighted by molar-refractivity contribution is -0.138. The first kappa shape index (κ1) is 25.0. The van der Waals surface area contributed by atoms with Gasteiger partial charge in [-0.25, -0.2) is 8.42 Å². The summed E-state index contributed by atoms with van der Waals surface area (Å²) in [5.41, 5.74) is 1.41. The summed E-state index contributed by atoms with van der Waals surface area (Å²) >= 11 is 0. The molecule has 2 saturated heterocycles. The number of morpholine rings is 1. The molecule has 3 amide bonds. The van der Waals surface area contributed by atoms with Gasteiger partial charge >= 0.3 is 0 Å². The Morgan fingerprint density at radius 3 is 2.43 bits per heavy atom. The van der Waals surface area contributed by atoms with Crippen LogP contribution < -0.4 is 10.6 Å². The van der Waals surface area contributed by atoms with Crippen LogP contribution in [0.25, 0.3) is 0 Å². The molecule has 1 atom stereocenters. The number of anilines is 1. The smallest absolute Gasteiger partial charge is 0.255 e. The molecule has 186 valence electrons. The summed E-state index contributed by atoms with van der Waals surface area (Å²) in [4.78, 5) is 37.3. The van der Waals surface area contributed by atoms with Crippen molar-refractivity contribution in [2.24, 2.45) is 0 Å². The highest BCUT2D eigenvalue weighted by Gasteiger charge is 2.42. The highest BCUT2D eigenvalue weighted by Crippen LogP contribution is 2.36. The monoisotopic (exact) mass is 499 g/mol. The molecule has 2 aromatic rings. The van der Waals surface area contributed by atoms with E-state index in [0.717, 1.165) is 5.56 Å². The second-order valence-electron chi connectivity index (χ2n) is 8.84. The zero-order valence-electron chi connectivity index (χ0n) is 19.8. The van der Waals surface area contributed by atoms with Gasteiger partial charge in [-0.05, 0) is 55.2 Å². The number of aryl methyl sites for hydroxylation is 1. The number of rotatable bonds is 6. The van der Waals surface area contributed by atoms with Crippen LogP contribution in [-0.4, -0.2) is 56.7 Å². The number of nitrogens with zero attached hydrogens (tertiary/aromatic N) is 1. The predicted molar refractivity (Wildman–Crippen MR) is 130 cm³/mol. The number of ether oxygens (including phenoxy) is 1. The predicted octanol–water partition coefficient (Wildman–Crippen LogP) is 2.35. The maximum absolute atomic E-state index is 13.0. The minimum Gasteiger partial charge on any atom is -0.379 e. The number of benzene rings is 2. The van der Waals surface area contributed by atoms with E-state index in [4.69, 9.17) is 4.74 Å². The van der Waals surface area contributed by atoms with Gasteiger partial charge in [0.15, 0.2) is 0 Å². The average Bonchev–Trinajstić information content (AvgIpc) is 2.86. The van der Waals surface area contributed by atoms with Gasteiger partial charge < -0.3 is 10.1 Å². The van der Waals surface area contributed by atoms with E-state index in [1.165, 1.54) is 16.4 Å². The molecule has 35 heavy (non-hydrogen) atoms. The van der Waals surface area contributed by atoms with Crippen molar-refractivity contribution >= 4 is 33.4 Å². The zero-order valence-corrected chi connectivity index (χ0v) is 20.6. The maximum atomic E-state index is 13.0. The third kappa shape index (κ3) is 4.86. The molecule has 2 fully saturated rings. The molecule has 0 radical (unpaired) electrons. The van der Waals surface area contributed by atoms with Crippen LogP contribution in [-0.2, 0) is 29.8 Å². The summed E-state index contributed by atoms with van der Waals surface area (Å²) in [5.74, 6) is -1.00. The van der Waals surface area contributed by atoms with E-state index in [0.29, 0.717) is 37.3 Å². The first-order valence-electron chi connectivity index (χ1n) is 11.6. The largest absolute Gasteiger partial charge is 0.379 e. The van der Waals surface area contributed by atoms with Gasteiger partial charge in [-0.3, -0.25) is 19.7 Å². The molecule has 0 aliphatic carbocycles. The number of hydrogen-bond donors (Lipinski definition) is 2. The van der Waals surface area contributed by atoms with Crippen molar-refractivity contribution < 1.29 is 27.5 Å². The average molecular weight is 500 g/mol. The molecule has 0 aromatic heterocycles. The second kappa shape index (κ2) is 9.88. The summed E-state index contributed by atoms with van der Waals surface area (Å²) < 4.78 is 32.6. The van der Waals surface area contributed by atoms with Crippen molar-refractivity contribution in [1.82, 2.24) is 9.62 Å². The summed E-state index contributed by atoms with van der Waals surface area (Å²) in [6.45, 7) is 4.88. The number of piperidine rings is 1. The Morgan fingerprint density at radius 1 is 1.11 bits per heavy atom. The number of sulfonamides is 1. The van der Waals surface area contributed by atoms with Gasteiger partial charge in [-0.1, -0.05) is 25.1 Å². The number of nitrogens with one attached hydrogen (secondary N) is 2. The van der Waals surface area contributed by atoms with Gasteiger partial charge in [0.05, 0.1) is 23.5 Å². The topological polar surface area (TPSA) is 122 Å². The summed E-state index contributed by atoms with van der Waals surface area (Å²) in [6.07, 6.45) is 1.26. The molecule has 0 bridgehead atoms. The molecule has 2 N–H and O–H groups in total. The lowest BCUT2D eigenvalue weighted by Gasteiger charge is -2.35. The molecule has 0 saturated carbocycles. The number of hydrogen-bond acceptors (Lipinski definition) is 6. The van der Waals surface area contributed by atoms with E-state index < -0.39 is 21.3 Å². The van der Waals surface area contributed by atoms with E-state index in [9.17, 15) is 22.8 Å². The Kier molecular flexibility index (Phi) is 7.07. The molecule has 2 heterocycles. The summed E-state index contributed by atoms with van der Waals surface area (Å²) in [7, 11) is -3.73. The fraction of sp³-hybridized carbons (Fsp3) is 0.400. The van der Waals surface area contributed by atoms with Gasteiger partial charge in [-0.2, -0.15) is 4.31 Å². The number of carbonyl (C=O) groups excluding carboxylic acids is 3.